The number of carbonyl (C=O) groups is 1. The van der Waals surface area contributed by atoms with Crippen molar-refractivity contribution in [2.75, 3.05) is 0 Å². The van der Waals surface area contributed by atoms with Crippen LogP contribution in [0.25, 0.3) is 0 Å². The van der Waals surface area contributed by atoms with Crippen molar-refractivity contribution in [1.82, 2.24) is 0 Å². The SMILES string of the molecule is CC(C)c1[c]c(C(C)C)cc(C(=O)C(F)c2c(C(C)C)cc(C(C)C)cc2C(C)C)c1. The fourth-order valence-electron chi connectivity index (χ4n) is 3.96. The molecule has 2 rings (SSSR count). The van der Waals surface area contributed by atoms with Gasteiger partial charge in [-0.3, -0.25) is 4.79 Å². The molecule has 1 nitrogen and oxygen atoms in total. The van der Waals surface area contributed by atoms with Crippen molar-refractivity contribution >= 4 is 5.78 Å². The molecule has 0 aliphatic carbocycles. The Labute approximate surface area is 189 Å². The highest BCUT2D eigenvalue weighted by molar-refractivity contribution is 6.00. The molecule has 0 aliphatic rings. The number of hydrogen-bond donors (Lipinski definition) is 0. The molecule has 0 fully saturated rings. The van der Waals surface area contributed by atoms with Gasteiger partial charge in [0.05, 0.1) is 0 Å². The summed E-state index contributed by atoms with van der Waals surface area (Å²) in [6, 6.07) is 11.3. The van der Waals surface area contributed by atoms with Crippen LogP contribution in [0.2, 0.25) is 0 Å². The molecule has 2 aromatic rings. The highest BCUT2D eigenvalue weighted by atomic mass is 19.1. The molecule has 0 N–H and O–H groups in total. The fourth-order valence-corrected chi connectivity index (χ4v) is 3.96. The second kappa shape index (κ2) is 10.1. The van der Waals surface area contributed by atoms with E-state index < -0.39 is 12.0 Å². The lowest BCUT2D eigenvalue weighted by Crippen LogP contribution is -2.16. The summed E-state index contributed by atoms with van der Waals surface area (Å²) in [6.45, 7) is 20.9. The standard InChI is InChI=1S/C29H40FO/c1-16(2)21-11-22(17(3)4)13-24(12-21)29(31)28(30)27-25(19(7)8)14-23(18(5)6)15-26(27)20(9)10/h12-20,28H,1-10H3. The van der Waals surface area contributed by atoms with Gasteiger partial charge in [-0.2, -0.15) is 0 Å². The second-order valence-electron chi connectivity index (χ2n) is 10.4. The second-order valence-corrected chi connectivity index (χ2v) is 10.4. The van der Waals surface area contributed by atoms with Crippen LogP contribution >= 0.6 is 0 Å². The number of Topliss-reactive ketones (excluding diaryl/α,β-unsaturated/α-hetero) is 1. The third-order valence-corrected chi connectivity index (χ3v) is 6.10. The van der Waals surface area contributed by atoms with E-state index in [-0.39, 0.29) is 23.7 Å². The van der Waals surface area contributed by atoms with Crippen molar-refractivity contribution in [3.8, 4) is 0 Å². The predicted molar refractivity (Wildman–Crippen MR) is 130 cm³/mol. The van der Waals surface area contributed by atoms with Crippen molar-refractivity contribution < 1.29 is 9.18 Å². The van der Waals surface area contributed by atoms with Crippen molar-refractivity contribution in [3.05, 3.63) is 69.3 Å². The molecule has 0 aromatic heterocycles. The molecule has 0 saturated heterocycles. The van der Waals surface area contributed by atoms with Gasteiger partial charge >= 0.3 is 0 Å². The quantitative estimate of drug-likeness (QED) is 0.387. The minimum Gasteiger partial charge on any atom is -0.290 e. The molecule has 2 heteroatoms. The van der Waals surface area contributed by atoms with E-state index in [0.717, 1.165) is 22.3 Å². The van der Waals surface area contributed by atoms with Crippen LogP contribution in [0, 0.1) is 6.07 Å². The number of carbonyl (C=O) groups excluding carboxylic acids is 1. The lowest BCUT2D eigenvalue weighted by Gasteiger charge is -2.25. The first-order valence-electron chi connectivity index (χ1n) is 11.8. The summed E-state index contributed by atoms with van der Waals surface area (Å²) in [5.41, 5.74) is 6.06. The van der Waals surface area contributed by atoms with Crippen LogP contribution in [-0.4, -0.2) is 5.78 Å². The van der Waals surface area contributed by atoms with Gasteiger partial charge in [-0.25, -0.2) is 4.39 Å². The highest BCUT2D eigenvalue weighted by Gasteiger charge is 2.30. The van der Waals surface area contributed by atoms with Crippen molar-refractivity contribution in [1.29, 1.82) is 0 Å². The highest BCUT2D eigenvalue weighted by Crippen LogP contribution is 2.39. The first kappa shape index (κ1) is 25.3. The zero-order chi connectivity index (χ0) is 23.6. The van der Waals surface area contributed by atoms with Crippen LogP contribution in [0.4, 0.5) is 4.39 Å². The molecule has 1 atom stereocenters. The Balaban J connectivity index is 2.68. The number of alkyl halides is 1. The van der Waals surface area contributed by atoms with E-state index in [1.165, 1.54) is 5.56 Å². The molecule has 0 aliphatic heterocycles. The summed E-state index contributed by atoms with van der Waals surface area (Å²) in [5, 5.41) is 0. The summed E-state index contributed by atoms with van der Waals surface area (Å²) in [5.74, 6) is 0.637. The summed E-state index contributed by atoms with van der Waals surface area (Å²) in [7, 11) is 0. The first-order valence-corrected chi connectivity index (χ1v) is 11.8. The molecular weight excluding hydrogens is 383 g/mol. The number of ketones is 1. The number of benzene rings is 2. The Hall–Kier alpha value is -1.96. The normalized spacial score (nSPS) is 13.2. The third-order valence-electron chi connectivity index (χ3n) is 6.10. The number of hydrogen-bond acceptors (Lipinski definition) is 1. The third kappa shape index (κ3) is 5.64. The Morgan fingerprint density at radius 1 is 0.677 bits per heavy atom. The van der Waals surface area contributed by atoms with E-state index in [1.54, 1.807) is 0 Å². The Bertz CT molecular complexity index is 863. The van der Waals surface area contributed by atoms with Crippen LogP contribution in [-0.2, 0) is 0 Å². The van der Waals surface area contributed by atoms with Gasteiger partial charge in [0.1, 0.15) is 0 Å². The predicted octanol–water partition coefficient (Wildman–Crippen LogP) is 9.00. The Kier molecular flexibility index (Phi) is 8.25. The largest absolute Gasteiger partial charge is 0.290 e. The molecule has 0 saturated carbocycles. The topological polar surface area (TPSA) is 17.1 Å². The van der Waals surface area contributed by atoms with Crippen molar-refractivity contribution in [2.45, 2.75) is 105 Å². The van der Waals surface area contributed by atoms with Gasteiger partial charge < -0.3 is 0 Å². The zero-order valence-electron chi connectivity index (χ0n) is 21.1. The van der Waals surface area contributed by atoms with E-state index in [0.29, 0.717) is 17.0 Å². The summed E-state index contributed by atoms with van der Waals surface area (Å²) in [4.78, 5) is 13.5. The fraction of sp³-hybridized carbons (Fsp3) is 0.552. The minimum atomic E-state index is -1.67. The Morgan fingerprint density at radius 3 is 1.42 bits per heavy atom. The van der Waals surface area contributed by atoms with Gasteiger partial charge in [0.15, 0.2) is 6.17 Å². The maximum atomic E-state index is 16.1. The molecule has 2 aromatic carbocycles. The average molecular weight is 424 g/mol. The smallest absolute Gasteiger partial charge is 0.201 e. The van der Waals surface area contributed by atoms with Gasteiger partial charge in [-0.1, -0.05) is 81.4 Å². The van der Waals surface area contributed by atoms with Gasteiger partial charge in [-0.05, 0) is 75.6 Å². The molecule has 1 unspecified atom stereocenters. The van der Waals surface area contributed by atoms with Gasteiger partial charge in [-0.15, -0.1) is 0 Å². The molecule has 0 amide bonds. The monoisotopic (exact) mass is 423 g/mol. The minimum absolute atomic E-state index is 0.138. The van der Waals surface area contributed by atoms with E-state index in [2.05, 4.69) is 87.4 Å². The lowest BCUT2D eigenvalue weighted by atomic mass is 9.81. The molecule has 1 radical (unpaired) electrons. The maximum absolute atomic E-state index is 16.1. The number of halogens is 1. The van der Waals surface area contributed by atoms with E-state index >= 15 is 4.39 Å². The van der Waals surface area contributed by atoms with Gasteiger partial charge in [0.25, 0.3) is 0 Å². The van der Waals surface area contributed by atoms with E-state index in [4.69, 9.17) is 0 Å². The molecule has 31 heavy (non-hydrogen) atoms. The molecule has 0 bridgehead atoms. The maximum Gasteiger partial charge on any atom is 0.201 e. The van der Waals surface area contributed by atoms with Gasteiger partial charge in [0, 0.05) is 11.1 Å². The molecule has 169 valence electrons. The lowest BCUT2D eigenvalue weighted by molar-refractivity contribution is 0.0875. The number of rotatable bonds is 8. The summed E-state index contributed by atoms with van der Waals surface area (Å²) < 4.78 is 16.1. The average Bonchev–Trinajstić information content (AvgIpc) is 2.70. The Morgan fingerprint density at radius 2 is 1.10 bits per heavy atom. The van der Waals surface area contributed by atoms with Crippen molar-refractivity contribution in [2.24, 2.45) is 0 Å². The van der Waals surface area contributed by atoms with Crippen LogP contribution in [0.1, 0.15) is 149 Å². The van der Waals surface area contributed by atoms with E-state index in [9.17, 15) is 4.79 Å². The molecular formula is C29H40FO. The van der Waals surface area contributed by atoms with Gasteiger partial charge in [0.2, 0.25) is 5.78 Å². The van der Waals surface area contributed by atoms with Crippen LogP contribution in [0.15, 0.2) is 24.3 Å². The molecule has 0 heterocycles. The zero-order valence-corrected chi connectivity index (χ0v) is 21.1. The summed E-state index contributed by atoms with van der Waals surface area (Å²) >= 11 is 0. The first-order chi connectivity index (χ1) is 14.3. The van der Waals surface area contributed by atoms with Crippen LogP contribution in [0.5, 0.6) is 0 Å². The van der Waals surface area contributed by atoms with Crippen molar-refractivity contribution in [3.63, 3.8) is 0 Å². The van der Waals surface area contributed by atoms with Crippen LogP contribution < -0.4 is 0 Å². The van der Waals surface area contributed by atoms with E-state index in [1.807, 2.05) is 12.1 Å². The molecule has 0 spiro atoms. The van der Waals surface area contributed by atoms with Crippen LogP contribution in [0.3, 0.4) is 0 Å². The summed E-state index contributed by atoms with van der Waals surface area (Å²) in [6.07, 6.45) is -1.67.